The number of aromatic hydroxyl groups is 1. The van der Waals surface area contributed by atoms with Gasteiger partial charge in [0.05, 0.1) is 0 Å². The zero-order valence-corrected chi connectivity index (χ0v) is 12.3. The van der Waals surface area contributed by atoms with Crippen LogP contribution in [0.1, 0.15) is 62.6 Å². The summed E-state index contributed by atoms with van der Waals surface area (Å²) in [4.78, 5) is 0. The second kappa shape index (κ2) is 6.95. The van der Waals surface area contributed by atoms with E-state index in [0.29, 0.717) is 5.75 Å². The third-order valence-corrected chi connectivity index (χ3v) is 4.38. The maximum atomic E-state index is 9.91. The van der Waals surface area contributed by atoms with Gasteiger partial charge >= 0.3 is 0 Å². The molecule has 0 spiro atoms. The fourth-order valence-electron chi connectivity index (χ4n) is 3.11. The number of benzene rings is 1. The fraction of sp³-hybridized carbons (Fsp3) is 0.647. The van der Waals surface area contributed by atoms with E-state index in [4.69, 9.17) is 0 Å². The van der Waals surface area contributed by atoms with Crippen molar-refractivity contribution in [1.82, 2.24) is 5.32 Å². The van der Waals surface area contributed by atoms with Gasteiger partial charge in [-0.3, -0.25) is 0 Å². The first-order chi connectivity index (χ1) is 9.16. The molecule has 0 heterocycles. The molecule has 1 aliphatic carbocycles. The minimum absolute atomic E-state index is 0.225. The van der Waals surface area contributed by atoms with Crippen LogP contribution in [0.3, 0.4) is 0 Å². The van der Waals surface area contributed by atoms with E-state index < -0.39 is 0 Å². The molecule has 0 saturated heterocycles. The third-order valence-electron chi connectivity index (χ3n) is 4.38. The van der Waals surface area contributed by atoms with Crippen molar-refractivity contribution in [2.24, 2.45) is 5.92 Å². The molecular formula is C17H27NO. The Morgan fingerprint density at radius 3 is 2.74 bits per heavy atom. The molecule has 1 aromatic rings. The third kappa shape index (κ3) is 4.24. The van der Waals surface area contributed by atoms with Gasteiger partial charge < -0.3 is 10.4 Å². The lowest BCUT2D eigenvalue weighted by Gasteiger charge is -2.23. The van der Waals surface area contributed by atoms with Gasteiger partial charge in [-0.05, 0) is 38.8 Å². The molecule has 1 unspecified atom stereocenters. The number of aryl methyl sites for hydroxylation is 1. The van der Waals surface area contributed by atoms with E-state index in [1.807, 2.05) is 6.07 Å². The number of nitrogens with one attached hydrogen (secondary N) is 1. The van der Waals surface area contributed by atoms with Gasteiger partial charge in [-0.1, -0.05) is 49.8 Å². The van der Waals surface area contributed by atoms with Crippen molar-refractivity contribution in [1.29, 1.82) is 0 Å². The lowest BCUT2D eigenvalue weighted by atomic mass is 9.87. The van der Waals surface area contributed by atoms with Gasteiger partial charge in [0.15, 0.2) is 0 Å². The Labute approximate surface area is 117 Å². The lowest BCUT2D eigenvalue weighted by molar-refractivity contribution is 0.328. The average Bonchev–Trinajstić information content (AvgIpc) is 2.42. The SMILES string of the molecule is Cc1ccc(O)c(C(C)NCCC2CCCCC2)c1. The van der Waals surface area contributed by atoms with Crippen LogP contribution in [0.15, 0.2) is 18.2 Å². The van der Waals surface area contributed by atoms with Crippen LogP contribution in [0.2, 0.25) is 0 Å². The molecule has 1 fully saturated rings. The van der Waals surface area contributed by atoms with Crippen LogP contribution in [0, 0.1) is 12.8 Å². The van der Waals surface area contributed by atoms with E-state index in [1.165, 1.54) is 44.1 Å². The Hall–Kier alpha value is -1.02. The Kier molecular flexibility index (Phi) is 5.26. The Morgan fingerprint density at radius 2 is 2.00 bits per heavy atom. The van der Waals surface area contributed by atoms with Gasteiger partial charge in [0.1, 0.15) is 5.75 Å². The van der Waals surface area contributed by atoms with Gasteiger partial charge in [-0.2, -0.15) is 0 Å². The van der Waals surface area contributed by atoms with Crippen molar-refractivity contribution >= 4 is 0 Å². The average molecular weight is 261 g/mol. The van der Waals surface area contributed by atoms with Gasteiger partial charge in [0.2, 0.25) is 0 Å². The summed E-state index contributed by atoms with van der Waals surface area (Å²) in [5, 5.41) is 13.5. The van der Waals surface area contributed by atoms with Crippen molar-refractivity contribution in [3.05, 3.63) is 29.3 Å². The predicted molar refractivity (Wildman–Crippen MR) is 80.5 cm³/mol. The highest BCUT2D eigenvalue weighted by atomic mass is 16.3. The first kappa shape index (κ1) is 14.4. The first-order valence-corrected chi connectivity index (χ1v) is 7.69. The van der Waals surface area contributed by atoms with Gasteiger partial charge in [-0.25, -0.2) is 0 Å². The second-order valence-corrected chi connectivity index (χ2v) is 6.03. The number of phenolic OH excluding ortho intramolecular Hbond substituents is 1. The molecule has 1 saturated carbocycles. The molecule has 1 atom stereocenters. The monoisotopic (exact) mass is 261 g/mol. The van der Waals surface area contributed by atoms with Gasteiger partial charge in [0.25, 0.3) is 0 Å². The predicted octanol–water partition coefficient (Wildman–Crippen LogP) is 4.32. The summed E-state index contributed by atoms with van der Waals surface area (Å²) < 4.78 is 0. The molecule has 19 heavy (non-hydrogen) atoms. The lowest BCUT2D eigenvalue weighted by Crippen LogP contribution is -2.22. The van der Waals surface area contributed by atoms with E-state index in [0.717, 1.165) is 18.0 Å². The summed E-state index contributed by atoms with van der Waals surface area (Å²) in [6.45, 7) is 5.26. The highest BCUT2D eigenvalue weighted by molar-refractivity contribution is 5.37. The first-order valence-electron chi connectivity index (χ1n) is 7.69. The van der Waals surface area contributed by atoms with Crippen molar-refractivity contribution < 1.29 is 5.11 Å². The van der Waals surface area contributed by atoms with Crippen LogP contribution in [0.4, 0.5) is 0 Å². The molecule has 2 N–H and O–H groups in total. The number of phenols is 1. The summed E-state index contributed by atoms with van der Waals surface area (Å²) in [5.41, 5.74) is 2.22. The summed E-state index contributed by atoms with van der Waals surface area (Å²) >= 11 is 0. The van der Waals surface area contributed by atoms with Crippen molar-refractivity contribution in [2.75, 3.05) is 6.54 Å². The topological polar surface area (TPSA) is 32.3 Å². The van der Waals surface area contributed by atoms with Crippen LogP contribution < -0.4 is 5.32 Å². The summed E-state index contributed by atoms with van der Waals surface area (Å²) in [6.07, 6.45) is 8.35. The zero-order valence-electron chi connectivity index (χ0n) is 12.3. The van der Waals surface area contributed by atoms with Gasteiger partial charge in [0, 0.05) is 11.6 Å². The van der Waals surface area contributed by atoms with E-state index in [1.54, 1.807) is 6.07 Å². The number of hydrogen-bond acceptors (Lipinski definition) is 2. The fourth-order valence-corrected chi connectivity index (χ4v) is 3.11. The van der Waals surface area contributed by atoms with Crippen molar-refractivity contribution in [3.8, 4) is 5.75 Å². The van der Waals surface area contributed by atoms with Crippen LogP contribution in [-0.2, 0) is 0 Å². The van der Waals surface area contributed by atoms with Crippen molar-refractivity contribution in [3.63, 3.8) is 0 Å². The number of hydrogen-bond donors (Lipinski definition) is 2. The molecule has 1 aliphatic rings. The Morgan fingerprint density at radius 1 is 1.26 bits per heavy atom. The molecular weight excluding hydrogens is 234 g/mol. The summed E-state index contributed by atoms with van der Waals surface area (Å²) in [6, 6.07) is 6.05. The van der Waals surface area contributed by atoms with Crippen LogP contribution in [-0.4, -0.2) is 11.7 Å². The molecule has 0 bridgehead atoms. The zero-order chi connectivity index (χ0) is 13.7. The minimum atomic E-state index is 0.225. The minimum Gasteiger partial charge on any atom is -0.508 e. The normalized spacial score (nSPS) is 18.4. The maximum Gasteiger partial charge on any atom is 0.120 e. The van der Waals surface area contributed by atoms with E-state index in [9.17, 15) is 5.11 Å². The molecule has 1 aromatic carbocycles. The molecule has 0 radical (unpaired) electrons. The molecule has 2 heteroatoms. The Bertz CT molecular complexity index is 396. The number of rotatable bonds is 5. The van der Waals surface area contributed by atoms with E-state index in [2.05, 4.69) is 25.2 Å². The highest BCUT2D eigenvalue weighted by Crippen LogP contribution is 2.27. The molecule has 0 amide bonds. The van der Waals surface area contributed by atoms with E-state index >= 15 is 0 Å². The van der Waals surface area contributed by atoms with Gasteiger partial charge in [-0.15, -0.1) is 0 Å². The highest BCUT2D eigenvalue weighted by Gasteiger charge is 2.14. The molecule has 2 rings (SSSR count). The molecule has 0 aliphatic heterocycles. The van der Waals surface area contributed by atoms with Crippen LogP contribution in [0.25, 0.3) is 0 Å². The quantitative estimate of drug-likeness (QED) is 0.827. The molecule has 106 valence electrons. The maximum absolute atomic E-state index is 9.91. The summed E-state index contributed by atoms with van der Waals surface area (Å²) in [5.74, 6) is 1.32. The molecule has 2 nitrogen and oxygen atoms in total. The smallest absolute Gasteiger partial charge is 0.120 e. The Balaban J connectivity index is 1.80. The standard InChI is InChI=1S/C17H27NO/c1-13-8-9-17(19)16(12-13)14(2)18-11-10-15-6-4-3-5-7-15/h8-9,12,14-15,18-19H,3-7,10-11H2,1-2H3. The summed E-state index contributed by atoms with van der Waals surface area (Å²) in [7, 11) is 0. The van der Waals surface area contributed by atoms with E-state index in [-0.39, 0.29) is 6.04 Å². The second-order valence-electron chi connectivity index (χ2n) is 6.03. The van der Waals surface area contributed by atoms with Crippen LogP contribution in [0.5, 0.6) is 5.75 Å². The largest absolute Gasteiger partial charge is 0.508 e. The molecule has 0 aromatic heterocycles. The van der Waals surface area contributed by atoms with Crippen molar-refractivity contribution in [2.45, 2.75) is 58.4 Å². The van der Waals surface area contributed by atoms with Crippen LogP contribution >= 0.6 is 0 Å².